The highest BCUT2D eigenvalue weighted by molar-refractivity contribution is 6.27. The molecule has 0 heterocycles. The number of hydrogen-bond donors (Lipinski definition) is 5. The Kier molecular flexibility index (Phi) is 11.0. The Bertz CT molecular complexity index is 574. The number of hydrogen-bond acceptors (Lipinski definition) is 7. The third kappa shape index (κ3) is 11.2. The molecule has 1 amide bonds. The molecule has 1 rings (SSSR count). The van der Waals surface area contributed by atoms with Crippen LogP contribution in [0.3, 0.4) is 0 Å². The first-order valence-corrected chi connectivity index (χ1v) is 7.02. The second kappa shape index (κ2) is 12.4. The number of carbonyl (C=O) groups excluding carboxylic acids is 2. The molecule has 0 aliphatic heterocycles. The summed E-state index contributed by atoms with van der Waals surface area (Å²) in [6.45, 7) is 1.15. The summed E-state index contributed by atoms with van der Waals surface area (Å²) >= 11 is 0. The van der Waals surface area contributed by atoms with E-state index < -0.39 is 11.9 Å². The SMILES string of the molecule is COCC(=O)NCCNCC(=O)c1ccc(O)cc1.O=C(O)C(=O)O. The van der Waals surface area contributed by atoms with Crippen molar-refractivity contribution in [2.24, 2.45) is 0 Å². The fraction of sp³-hybridized carbons (Fsp3) is 0.333. The fourth-order valence-electron chi connectivity index (χ4n) is 1.42. The van der Waals surface area contributed by atoms with E-state index in [1.54, 1.807) is 12.1 Å². The van der Waals surface area contributed by atoms with Crippen molar-refractivity contribution in [1.29, 1.82) is 0 Å². The number of Topliss-reactive ketones (excluding diaryl/α,β-unsaturated/α-hetero) is 1. The summed E-state index contributed by atoms with van der Waals surface area (Å²) < 4.78 is 4.66. The maximum absolute atomic E-state index is 11.7. The number of benzene rings is 1. The van der Waals surface area contributed by atoms with Crippen LogP contribution in [0.2, 0.25) is 0 Å². The standard InChI is InChI=1S/C13H18N2O4.C2H2O4/c1-19-9-13(18)15-7-6-14-8-12(17)10-2-4-11(16)5-3-10;3-1(4)2(5)6/h2-5,14,16H,6-9H2,1H3,(H,15,18);(H,3,4)(H,5,6). The number of carboxylic acids is 2. The number of methoxy groups -OCH3 is 1. The molecule has 0 aromatic heterocycles. The van der Waals surface area contributed by atoms with Crippen LogP contribution in [0.15, 0.2) is 24.3 Å². The first-order chi connectivity index (χ1) is 11.8. The summed E-state index contributed by atoms with van der Waals surface area (Å²) in [4.78, 5) is 40.9. The van der Waals surface area contributed by atoms with Crippen LogP contribution in [0, 0.1) is 0 Å². The number of aromatic hydroxyl groups is 1. The quantitative estimate of drug-likeness (QED) is 0.225. The molecule has 0 unspecified atom stereocenters. The second-order valence-electron chi connectivity index (χ2n) is 4.54. The van der Waals surface area contributed by atoms with Crippen molar-refractivity contribution in [3.05, 3.63) is 29.8 Å². The number of carboxylic acid groups (broad SMARTS) is 2. The summed E-state index contributed by atoms with van der Waals surface area (Å²) in [6.07, 6.45) is 0. The molecule has 25 heavy (non-hydrogen) atoms. The smallest absolute Gasteiger partial charge is 0.414 e. The maximum Gasteiger partial charge on any atom is 0.414 e. The number of carbonyl (C=O) groups is 4. The average Bonchev–Trinajstić information content (AvgIpc) is 2.55. The first kappa shape index (κ1) is 22.0. The van der Waals surface area contributed by atoms with Crippen molar-refractivity contribution in [1.82, 2.24) is 10.6 Å². The Morgan fingerprint density at radius 1 is 1.00 bits per heavy atom. The van der Waals surface area contributed by atoms with Crippen molar-refractivity contribution >= 4 is 23.6 Å². The van der Waals surface area contributed by atoms with Gasteiger partial charge >= 0.3 is 11.9 Å². The molecule has 0 radical (unpaired) electrons. The monoisotopic (exact) mass is 356 g/mol. The zero-order chi connectivity index (χ0) is 19.2. The van der Waals surface area contributed by atoms with Crippen LogP contribution in [-0.2, 0) is 19.1 Å². The van der Waals surface area contributed by atoms with E-state index in [4.69, 9.17) is 24.9 Å². The van der Waals surface area contributed by atoms with E-state index >= 15 is 0 Å². The van der Waals surface area contributed by atoms with Gasteiger partial charge in [-0.1, -0.05) is 0 Å². The van der Waals surface area contributed by atoms with Crippen LogP contribution in [0.5, 0.6) is 5.75 Å². The van der Waals surface area contributed by atoms with Crippen molar-refractivity contribution in [3.63, 3.8) is 0 Å². The highest BCUT2D eigenvalue weighted by atomic mass is 16.5. The van der Waals surface area contributed by atoms with Gasteiger partial charge < -0.3 is 30.7 Å². The van der Waals surface area contributed by atoms with Gasteiger partial charge in [-0.3, -0.25) is 9.59 Å². The van der Waals surface area contributed by atoms with Crippen LogP contribution in [0.1, 0.15) is 10.4 Å². The van der Waals surface area contributed by atoms with E-state index in [1.807, 2.05) is 0 Å². The van der Waals surface area contributed by atoms with E-state index in [2.05, 4.69) is 15.4 Å². The van der Waals surface area contributed by atoms with Crippen molar-refractivity contribution in [2.45, 2.75) is 0 Å². The predicted octanol–water partition coefficient (Wildman–Crippen LogP) is -0.917. The molecule has 10 nitrogen and oxygen atoms in total. The summed E-state index contributed by atoms with van der Waals surface area (Å²) in [6, 6.07) is 6.08. The highest BCUT2D eigenvalue weighted by Crippen LogP contribution is 2.09. The Labute approximate surface area is 143 Å². The molecule has 10 heteroatoms. The van der Waals surface area contributed by atoms with Crippen LogP contribution < -0.4 is 10.6 Å². The number of rotatable bonds is 8. The molecular formula is C15H20N2O8. The van der Waals surface area contributed by atoms with Gasteiger partial charge in [0.15, 0.2) is 5.78 Å². The number of nitrogens with one attached hydrogen (secondary N) is 2. The molecule has 0 spiro atoms. The number of aliphatic carboxylic acids is 2. The Morgan fingerprint density at radius 3 is 2.04 bits per heavy atom. The van der Waals surface area contributed by atoms with E-state index in [9.17, 15) is 9.59 Å². The molecule has 5 N–H and O–H groups in total. The van der Waals surface area contributed by atoms with E-state index in [-0.39, 0.29) is 30.6 Å². The summed E-state index contributed by atoms with van der Waals surface area (Å²) in [5.41, 5.74) is 0.536. The van der Waals surface area contributed by atoms with Gasteiger partial charge in [0.2, 0.25) is 5.91 Å². The lowest BCUT2D eigenvalue weighted by molar-refractivity contribution is -0.159. The molecule has 0 aliphatic rings. The third-order valence-corrected chi connectivity index (χ3v) is 2.56. The van der Waals surface area contributed by atoms with Gasteiger partial charge in [-0.25, -0.2) is 9.59 Å². The fourth-order valence-corrected chi connectivity index (χ4v) is 1.42. The largest absolute Gasteiger partial charge is 0.508 e. The minimum atomic E-state index is -1.82. The topological polar surface area (TPSA) is 162 Å². The molecule has 1 aromatic rings. The van der Waals surface area contributed by atoms with Gasteiger partial charge in [-0.15, -0.1) is 0 Å². The van der Waals surface area contributed by atoms with Gasteiger partial charge in [0, 0.05) is 25.8 Å². The Balaban J connectivity index is 0.000000823. The second-order valence-corrected chi connectivity index (χ2v) is 4.54. The minimum absolute atomic E-state index is 0.0342. The molecule has 138 valence electrons. The molecular weight excluding hydrogens is 336 g/mol. The molecule has 0 atom stereocenters. The summed E-state index contributed by atoms with van der Waals surface area (Å²) in [5.74, 6) is -3.77. The van der Waals surface area contributed by atoms with Crippen LogP contribution in [-0.4, -0.2) is 72.3 Å². The van der Waals surface area contributed by atoms with E-state index in [1.165, 1.54) is 19.2 Å². The van der Waals surface area contributed by atoms with Gasteiger partial charge in [0.1, 0.15) is 12.4 Å². The van der Waals surface area contributed by atoms with Gasteiger partial charge in [-0.05, 0) is 24.3 Å². The van der Waals surface area contributed by atoms with Crippen LogP contribution >= 0.6 is 0 Å². The van der Waals surface area contributed by atoms with Crippen molar-refractivity contribution in [2.75, 3.05) is 33.4 Å². The average molecular weight is 356 g/mol. The minimum Gasteiger partial charge on any atom is -0.508 e. The molecule has 0 aliphatic carbocycles. The number of ketones is 1. The number of amides is 1. The molecule has 0 saturated heterocycles. The highest BCUT2D eigenvalue weighted by Gasteiger charge is 2.05. The number of ether oxygens (including phenoxy) is 1. The first-order valence-electron chi connectivity index (χ1n) is 7.02. The summed E-state index contributed by atoms with van der Waals surface area (Å²) in [5, 5.41) is 29.4. The molecule has 0 fully saturated rings. The number of phenols is 1. The van der Waals surface area contributed by atoms with E-state index in [0.29, 0.717) is 18.7 Å². The normalized spacial score (nSPS) is 9.48. The summed E-state index contributed by atoms with van der Waals surface area (Å²) in [7, 11) is 1.45. The zero-order valence-corrected chi connectivity index (χ0v) is 13.5. The van der Waals surface area contributed by atoms with Gasteiger partial charge in [0.25, 0.3) is 0 Å². The number of phenolic OH excluding ortho intramolecular Hbond substituents is 1. The predicted molar refractivity (Wildman–Crippen MR) is 85.5 cm³/mol. The third-order valence-electron chi connectivity index (χ3n) is 2.56. The maximum atomic E-state index is 11.7. The van der Waals surface area contributed by atoms with Crippen LogP contribution in [0.25, 0.3) is 0 Å². The Morgan fingerprint density at radius 2 is 1.56 bits per heavy atom. The van der Waals surface area contributed by atoms with E-state index in [0.717, 1.165) is 0 Å². The van der Waals surface area contributed by atoms with Gasteiger partial charge in [-0.2, -0.15) is 0 Å². The Hall–Kier alpha value is -2.98. The molecule has 0 saturated carbocycles. The lowest BCUT2D eigenvalue weighted by Crippen LogP contribution is -2.35. The van der Waals surface area contributed by atoms with Crippen LogP contribution in [0.4, 0.5) is 0 Å². The van der Waals surface area contributed by atoms with Crippen molar-refractivity contribution in [3.8, 4) is 5.75 Å². The molecule has 1 aromatic carbocycles. The van der Waals surface area contributed by atoms with Gasteiger partial charge in [0.05, 0.1) is 6.54 Å². The van der Waals surface area contributed by atoms with Crippen molar-refractivity contribution < 1.29 is 39.2 Å². The molecule has 0 bridgehead atoms. The lowest BCUT2D eigenvalue weighted by Gasteiger charge is -2.06. The lowest BCUT2D eigenvalue weighted by atomic mass is 10.1. The zero-order valence-electron chi connectivity index (χ0n) is 13.5.